The van der Waals surface area contributed by atoms with Crippen molar-refractivity contribution in [3.05, 3.63) is 78.5 Å². The molecule has 136 valence electrons. The highest BCUT2D eigenvalue weighted by Crippen LogP contribution is 2.26. The van der Waals surface area contributed by atoms with Gasteiger partial charge in [0, 0.05) is 18.7 Å². The van der Waals surface area contributed by atoms with Crippen LogP contribution in [0.1, 0.15) is 30.3 Å². The van der Waals surface area contributed by atoms with E-state index in [9.17, 15) is 4.79 Å². The average molecular weight is 356 g/mol. The minimum atomic E-state index is 0.0444. The lowest BCUT2D eigenvalue weighted by molar-refractivity contribution is 0.0691. The van der Waals surface area contributed by atoms with Crippen LogP contribution in [-0.4, -0.2) is 28.9 Å². The van der Waals surface area contributed by atoms with Crippen LogP contribution in [0.2, 0.25) is 0 Å². The lowest BCUT2D eigenvalue weighted by Gasteiger charge is -2.30. The Labute approximate surface area is 160 Å². The molecule has 4 rings (SSSR count). The molecule has 2 heterocycles. The topological polar surface area (TPSA) is 33.2 Å². The number of rotatable bonds is 3. The molecule has 0 bridgehead atoms. The maximum atomic E-state index is 12.8. The number of aromatic nitrogens is 1. The first kappa shape index (κ1) is 17.5. The highest BCUT2D eigenvalue weighted by molar-refractivity contribution is 5.93. The molecule has 0 saturated carbocycles. The van der Waals surface area contributed by atoms with Crippen molar-refractivity contribution >= 4 is 5.91 Å². The Morgan fingerprint density at radius 2 is 1.52 bits per heavy atom. The molecule has 3 aromatic rings. The summed E-state index contributed by atoms with van der Waals surface area (Å²) >= 11 is 0. The van der Waals surface area contributed by atoms with E-state index in [4.69, 9.17) is 0 Å². The molecule has 0 aliphatic carbocycles. The van der Waals surface area contributed by atoms with E-state index in [0.717, 1.165) is 42.8 Å². The summed E-state index contributed by atoms with van der Waals surface area (Å²) in [7, 11) is 0. The van der Waals surface area contributed by atoms with Gasteiger partial charge >= 0.3 is 0 Å². The first-order chi connectivity index (χ1) is 13.2. The Morgan fingerprint density at radius 3 is 2.30 bits per heavy atom. The normalized spacial score (nSPS) is 14.9. The van der Waals surface area contributed by atoms with Crippen molar-refractivity contribution in [1.82, 2.24) is 9.88 Å². The summed E-state index contributed by atoms with van der Waals surface area (Å²) in [4.78, 5) is 19.5. The average Bonchev–Trinajstić information content (AvgIpc) is 2.75. The molecular formula is C24H24N2O. The van der Waals surface area contributed by atoms with Crippen LogP contribution in [-0.2, 0) is 0 Å². The third-order valence-corrected chi connectivity index (χ3v) is 5.30. The fourth-order valence-corrected chi connectivity index (χ4v) is 3.58. The van der Waals surface area contributed by atoms with Crippen molar-refractivity contribution in [1.29, 1.82) is 0 Å². The van der Waals surface area contributed by atoms with E-state index in [-0.39, 0.29) is 5.91 Å². The minimum Gasteiger partial charge on any atom is -0.337 e. The number of nitrogens with zero attached hydrogens (tertiary/aromatic N) is 2. The molecular weight excluding hydrogens is 332 g/mol. The monoisotopic (exact) mass is 356 g/mol. The third-order valence-electron chi connectivity index (χ3n) is 5.30. The molecule has 1 fully saturated rings. The van der Waals surface area contributed by atoms with E-state index in [1.807, 2.05) is 53.4 Å². The molecule has 1 saturated heterocycles. The summed E-state index contributed by atoms with van der Waals surface area (Å²) in [6.45, 7) is 3.91. The SMILES string of the molecule is CC1CCN(C(=O)c2cccc(-c3cccc(-c4ccccc4)c3)n2)CC1. The minimum absolute atomic E-state index is 0.0444. The fraction of sp³-hybridized carbons (Fsp3) is 0.250. The summed E-state index contributed by atoms with van der Waals surface area (Å²) < 4.78 is 0. The van der Waals surface area contributed by atoms with Crippen LogP contribution in [0.4, 0.5) is 0 Å². The van der Waals surface area contributed by atoms with E-state index in [1.54, 1.807) is 0 Å². The number of likely N-dealkylation sites (tertiary alicyclic amines) is 1. The molecule has 1 amide bonds. The van der Waals surface area contributed by atoms with Crippen LogP contribution in [0, 0.1) is 5.92 Å². The van der Waals surface area contributed by atoms with E-state index < -0.39 is 0 Å². The van der Waals surface area contributed by atoms with Gasteiger partial charge in [-0.3, -0.25) is 4.79 Å². The zero-order valence-electron chi connectivity index (χ0n) is 15.6. The van der Waals surface area contributed by atoms with E-state index >= 15 is 0 Å². The Balaban J connectivity index is 1.60. The second-order valence-corrected chi connectivity index (χ2v) is 7.33. The summed E-state index contributed by atoms with van der Waals surface area (Å²) in [6.07, 6.45) is 2.15. The van der Waals surface area contributed by atoms with Crippen LogP contribution in [0.15, 0.2) is 72.8 Å². The zero-order chi connectivity index (χ0) is 18.6. The summed E-state index contributed by atoms with van der Waals surface area (Å²) in [5.74, 6) is 0.747. The van der Waals surface area contributed by atoms with Gasteiger partial charge in [-0.25, -0.2) is 4.98 Å². The largest absolute Gasteiger partial charge is 0.337 e. The molecule has 0 N–H and O–H groups in total. The van der Waals surface area contributed by atoms with E-state index in [0.29, 0.717) is 11.6 Å². The zero-order valence-corrected chi connectivity index (χ0v) is 15.6. The van der Waals surface area contributed by atoms with Gasteiger partial charge in [-0.15, -0.1) is 0 Å². The van der Waals surface area contributed by atoms with Crippen LogP contribution in [0.5, 0.6) is 0 Å². The number of carbonyl (C=O) groups excluding carboxylic acids is 1. The van der Waals surface area contributed by atoms with Gasteiger partial charge < -0.3 is 4.90 Å². The van der Waals surface area contributed by atoms with Crippen molar-refractivity contribution < 1.29 is 4.79 Å². The molecule has 0 spiro atoms. The van der Waals surface area contributed by atoms with Crippen LogP contribution in [0.3, 0.4) is 0 Å². The number of hydrogen-bond acceptors (Lipinski definition) is 2. The Kier molecular flexibility index (Phi) is 5.01. The maximum Gasteiger partial charge on any atom is 0.272 e. The lowest BCUT2D eigenvalue weighted by Crippen LogP contribution is -2.38. The fourth-order valence-electron chi connectivity index (χ4n) is 3.58. The van der Waals surface area contributed by atoms with E-state index in [1.165, 1.54) is 5.56 Å². The molecule has 1 aliphatic heterocycles. The standard InChI is InChI=1S/C24H24N2O/c1-18-13-15-26(16-14-18)24(27)23-12-6-11-22(25-23)21-10-5-9-20(17-21)19-7-3-2-4-8-19/h2-12,17-18H,13-16H2,1H3. The predicted octanol–water partition coefficient (Wildman–Crippen LogP) is 5.29. The van der Waals surface area contributed by atoms with Gasteiger partial charge in [-0.2, -0.15) is 0 Å². The molecule has 3 nitrogen and oxygen atoms in total. The summed E-state index contributed by atoms with van der Waals surface area (Å²) in [6, 6.07) is 24.3. The van der Waals surface area contributed by atoms with Crippen molar-refractivity contribution in [2.75, 3.05) is 13.1 Å². The second kappa shape index (κ2) is 7.75. The lowest BCUT2D eigenvalue weighted by atomic mass is 9.99. The van der Waals surface area contributed by atoms with Gasteiger partial charge in [-0.05, 0) is 48.1 Å². The highest BCUT2D eigenvalue weighted by Gasteiger charge is 2.22. The number of carbonyl (C=O) groups is 1. The van der Waals surface area contributed by atoms with Gasteiger partial charge in [0.15, 0.2) is 0 Å². The van der Waals surface area contributed by atoms with Crippen molar-refractivity contribution in [3.8, 4) is 22.4 Å². The second-order valence-electron chi connectivity index (χ2n) is 7.33. The Morgan fingerprint density at radius 1 is 0.852 bits per heavy atom. The van der Waals surface area contributed by atoms with Crippen molar-refractivity contribution in [3.63, 3.8) is 0 Å². The number of piperidine rings is 1. The van der Waals surface area contributed by atoms with Gasteiger partial charge in [-0.1, -0.05) is 61.5 Å². The quantitative estimate of drug-likeness (QED) is 0.639. The molecule has 27 heavy (non-hydrogen) atoms. The first-order valence-corrected chi connectivity index (χ1v) is 9.63. The van der Waals surface area contributed by atoms with Gasteiger partial charge in [0.2, 0.25) is 0 Å². The van der Waals surface area contributed by atoms with Crippen molar-refractivity contribution in [2.24, 2.45) is 5.92 Å². The molecule has 1 aliphatic rings. The van der Waals surface area contributed by atoms with Crippen LogP contribution >= 0.6 is 0 Å². The first-order valence-electron chi connectivity index (χ1n) is 9.63. The highest BCUT2D eigenvalue weighted by atomic mass is 16.2. The predicted molar refractivity (Wildman–Crippen MR) is 109 cm³/mol. The molecule has 0 radical (unpaired) electrons. The number of hydrogen-bond donors (Lipinski definition) is 0. The van der Waals surface area contributed by atoms with Crippen LogP contribution < -0.4 is 0 Å². The number of amides is 1. The van der Waals surface area contributed by atoms with E-state index in [2.05, 4.69) is 36.2 Å². The summed E-state index contributed by atoms with van der Waals surface area (Å²) in [5.41, 5.74) is 4.72. The number of pyridine rings is 1. The molecule has 1 aromatic heterocycles. The summed E-state index contributed by atoms with van der Waals surface area (Å²) in [5, 5.41) is 0. The molecule has 3 heteroatoms. The van der Waals surface area contributed by atoms with Gasteiger partial charge in [0.1, 0.15) is 5.69 Å². The van der Waals surface area contributed by atoms with Gasteiger partial charge in [0.05, 0.1) is 5.69 Å². The smallest absolute Gasteiger partial charge is 0.272 e. The van der Waals surface area contributed by atoms with Crippen LogP contribution in [0.25, 0.3) is 22.4 Å². The Hall–Kier alpha value is -2.94. The Bertz CT molecular complexity index is 928. The third kappa shape index (κ3) is 3.92. The molecule has 2 aromatic carbocycles. The van der Waals surface area contributed by atoms with Gasteiger partial charge in [0.25, 0.3) is 5.91 Å². The maximum absolute atomic E-state index is 12.8. The molecule has 0 atom stereocenters. The number of benzene rings is 2. The molecule has 0 unspecified atom stereocenters. The van der Waals surface area contributed by atoms with Crippen molar-refractivity contribution in [2.45, 2.75) is 19.8 Å².